The molecule has 0 aliphatic heterocycles. The zero-order valence-electron chi connectivity index (χ0n) is 17.0. The highest BCUT2D eigenvalue weighted by Gasteiger charge is 2.23. The lowest BCUT2D eigenvalue weighted by Gasteiger charge is -2.22. The summed E-state index contributed by atoms with van der Waals surface area (Å²) in [5.74, 6) is -0.273. The van der Waals surface area contributed by atoms with Gasteiger partial charge in [0.05, 0.1) is 16.6 Å². The van der Waals surface area contributed by atoms with Crippen molar-refractivity contribution in [3.8, 4) is 0 Å². The number of nitrogens with one attached hydrogen (secondary N) is 1. The van der Waals surface area contributed by atoms with E-state index < -0.39 is 10.0 Å². The van der Waals surface area contributed by atoms with Crippen LogP contribution in [0.15, 0.2) is 77.7 Å². The number of nitrogens with zero attached hydrogens (tertiary/aromatic N) is 1. The Balaban J connectivity index is 1.87. The molecule has 5 nitrogen and oxygen atoms in total. The van der Waals surface area contributed by atoms with Gasteiger partial charge in [0.15, 0.2) is 0 Å². The van der Waals surface area contributed by atoms with E-state index in [0.717, 1.165) is 11.1 Å². The number of carbonyl (C=O) groups is 1. The van der Waals surface area contributed by atoms with Crippen molar-refractivity contribution in [2.24, 2.45) is 0 Å². The van der Waals surface area contributed by atoms with Crippen molar-refractivity contribution in [2.45, 2.75) is 24.8 Å². The number of hydrogen-bond acceptors (Lipinski definition) is 3. The maximum absolute atomic E-state index is 13.0. The molecule has 1 N–H and O–H groups in total. The predicted octanol–water partition coefficient (Wildman–Crippen LogP) is 4.96. The van der Waals surface area contributed by atoms with Gasteiger partial charge in [0.2, 0.25) is 0 Å². The molecule has 3 aromatic rings. The first-order valence-electron chi connectivity index (χ1n) is 9.41. The van der Waals surface area contributed by atoms with E-state index in [0.29, 0.717) is 16.3 Å². The molecule has 0 aliphatic rings. The summed E-state index contributed by atoms with van der Waals surface area (Å²) in [5.41, 5.74) is 2.55. The molecule has 0 saturated heterocycles. The van der Waals surface area contributed by atoms with Gasteiger partial charge >= 0.3 is 0 Å². The van der Waals surface area contributed by atoms with Gasteiger partial charge in [-0.05, 0) is 61.4 Å². The number of amides is 1. The maximum Gasteiger partial charge on any atom is 0.264 e. The van der Waals surface area contributed by atoms with E-state index in [1.807, 2.05) is 37.3 Å². The van der Waals surface area contributed by atoms with Crippen LogP contribution in [-0.4, -0.2) is 21.4 Å². The number of halogens is 1. The highest BCUT2D eigenvalue weighted by Crippen LogP contribution is 2.27. The van der Waals surface area contributed by atoms with E-state index in [2.05, 4.69) is 5.32 Å². The van der Waals surface area contributed by atoms with Crippen molar-refractivity contribution >= 4 is 33.2 Å². The lowest BCUT2D eigenvalue weighted by atomic mass is 10.1. The van der Waals surface area contributed by atoms with Crippen LogP contribution in [0, 0.1) is 6.92 Å². The molecule has 0 heterocycles. The quantitative estimate of drug-likeness (QED) is 0.586. The van der Waals surface area contributed by atoms with Crippen LogP contribution in [0.1, 0.15) is 34.5 Å². The molecule has 1 amide bonds. The molecule has 0 unspecified atom stereocenters. The molecule has 0 aromatic heterocycles. The monoisotopic (exact) mass is 442 g/mol. The summed E-state index contributed by atoms with van der Waals surface area (Å²) in [6, 6.07) is 20.5. The summed E-state index contributed by atoms with van der Waals surface area (Å²) >= 11 is 5.87. The highest BCUT2D eigenvalue weighted by atomic mass is 35.5. The van der Waals surface area contributed by atoms with Gasteiger partial charge in [-0.15, -0.1) is 0 Å². The fourth-order valence-corrected chi connectivity index (χ4v) is 4.47. The maximum atomic E-state index is 13.0. The zero-order valence-corrected chi connectivity index (χ0v) is 18.5. The molecule has 3 aromatic carbocycles. The van der Waals surface area contributed by atoms with Crippen LogP contribution < -0.4 is 9.62 Å². The fraction of sp³-hybridized carbons (Fsp3) is 0.174. The van der Waals surface area contributed by atoms with Crippen LogP contribution in [0.25, 0.3) is 0 Å². The van der Waals surface area contributed by atoms with Gasteiger partial charge in [-0.2, -0.15) is 0 Å². The van der Waals surface area contributed by atoms with E-state index >= 15 is 0 Å². The van der Waals surface area contributed by atoms with Gasteiger partial charge in [0.25, 0.3) is 15.9 Å². The summed E-state index contributed by atoms with van der Waals surface area (Å²) in [4.78, 5) is 12.9. The number of anilines is 1. The molecule has 0 radical (unpaired) electrons. The zero-order chi connectivity index (χ0) is 21.9. The van der Waals surface area contributed by atoms with Gasteiger partial charge in [0, 0.05) is 17.6 Å². The Morgan fingerprint density at radius 3 is 2.27 bits per heavy atom. The average molecular weight is 443 g/mol. The number of rotatable bonds is 6. The van der Waals surface area contributed by atoms with Gasteiger partial charge in [0.1, 0.15) is 0 Å². The van der Waals surface area contributed by atoms with Crippen molar-refractivity contribution in [1.29, 1.82) is 0 Å². The lowest BCUT2D eigenvalue weighted by molar-refractivity contribution is 0.0940. The summed E-state index contributed by atoms with van der Waals surface area (Å²) in [7, 11) is -2.32. The van der Waals surface area contributed by atoms with E-state index in [-0.39, 0.29) is 16.8 Å². The van der Waals surface area contributed by atoms with Gasteiger partial charge in [-0.25, -0.2) is 8.42 Å². The number of sulfonamides is 1. The van der Waals surface area contributed by atoms with Gasteiger partial charge < -0.3 is 5.32 Å². The minimum absolute atomic E-state index is 0.126. The van der Waals surface area contributed by atoms with Crippen LogP contribution in [0.3, 0.4) is 0 Å². The first kappa shape index (κ1) is 21.9. The fourth-order valence-electron chi connectivity index (χ4n) is 3.09. The standard InChI is InChI=1S/C23H23ClN2O3S/c1-16-9-10-19(23(27)25-17(2)18-7-5-4-6-8-18)15-22(16)26(3)30(28,29)21-13-11-20(24)12-14-21/h4-15,17H,1-3H3,(H,25,27)/t17-/m1/s1. The Morgan fingerprint density at radius 1 is 1.00 bits per heavy atom. The summed E-state index contributed by atoms with van der Waals surface area (Å²) in [6.45, 7) is 3.71. The highest BCUT2D eigenvalue weighted by molar-refractivity contribution is 7.92. The third-order valence-corrected chi connectivity index (χ3v) is 6.97. The molecule has 156 valence electrons. The van der Waals surface area contributed by atoms with Crippen LogP contribution in [-0.2, 0) is 10.0 Å². The van der Waals surface area contributed by atoms with Crippen molar-refractivity contribution in [3.05, 3.63) is 94.5 Å². The smallest absolute Gasteiger partial charge is 0.264 e. The van der Waals surface area contributed by atoms with Crippen molar-refractivity contribution < 1.29 is 13.2 Å². The second-order valence-electron chi connectivity index (χ2n) is 7.03. The van der Waals surface area contributed by atoms with E-state index in [4.69, 9.17) is 11.6 Å². The molecule has 30 heavy (non-hydrogen) atoms. The first-order valence-corrected chi connectivity index (χ1v) is 11.2. The van der Waals surface area contributed by atoms with Gasteiger partial charge in [-0.1, -0.05) is 48.0 Å². The van der Waals surface area contributed by atoms with E-state index in [1.165, 1.54) is 35.6 Å². The molecule has 0 bridgehead atoms. The molecule has 0 spiro atoms. The lowest BCUT2D eigenvalue weighted by Crippen LogP contribution is -2.29. The van der Waals surface area contributed by atoms with Crippen LogP contribution in [0.4, 0.5) is 5.69 Å². The van der Waals surface area contributed by atoms with Crippen molar-refractivity contribution in [3.63, 3.8) is 0 Å². The minimum atomic E-state index is -3.80. The Kier molecular flexibility index (Phi) is 6.48. The number of benzene rings is 3. The van der Waals surface area contributed by atoms with Crippen LogP contribution in [0.5, 0.6) is 0 Å². The van der Waals surface area contributed by atoms with Gasteiger partial charge in [-0.3, -0.25) is 9.10 Å². The van der Waals surface area contributed by atoms with Crippen molar-refractivity contribution in [1.82, 2.24) is 5.32 Å². The Hall–Kier alpha value is -2.83. The molecule has 3 rings (SSSR count). The SMILES string of the molecule is Cc1ccc(C(=O)N[C@H](C)c2ccccc2)cc1N(C)S(=O)(=O)c1ccc(Cl)cc1. The number of hydrogen-bond donors (Lipinski definition) is 1. The third-order valence-electron chi connectivity index (χ3n) is 4.93. The second kappa shape index (κ2) is 8.90. The number of carbonyl (C=O) groups excluding carboxylic acids is 1. The number of aryl methyl sites for hydroxylation is 1. The van der Waals surface area contributed by atoms with Crippen molar-refractivity contribution in [2.75, 3.05) is 11.4 Å². The van der Waals surface area contributed by atoms with Crippen LogP contribution in [0.2, 0.25) is 5.02 Å². The van der Waals surface area contributed by atoms with E-state index in [1.54, 1.807) is 25.1 Å². The summed E-state index contributed by atoms with van der Waals surface area (Å²) in [6.07, 6.45) is 0. The molecule has 1 atom stereocenters. The first-order chi connectivity index (χ1) is 14.2. The summed E-state index contributed by atoms with van der Waals surface area (Å²) in [5, 5.41) is 3.41. The Bertz CT molecular complexity index is 1150. The Labute approximate surface area is 182 Å². The molecular formula is C23H23ClN2O3S. The topological polar surface area (TPSA) is 66.5 Å². The molecule has 0 aliphatic carbocycles. The minimum Gasteiger partial charge on any atom is -0.346 e. The third kappa shape index (κ3) is 4.66. The van der Waals surface area contributed by atoms with E-state index in [9.17, 15) is 13.2 Å². The normalized spacial score (nSPS) is 12.3. The largest absolute Gasteiger partial charge is 0.346 e. The molecule has 0 saturated carbocycles. The molecular weight excluding hydrogens is 420 g/mol. The molecule has 0 fully saturated rings. The average Bonchev–Trinajstić information content (AvgIpc) is 2.74. The summed E-state index contributed by atoms with van der Waals surface area (Å²) < 4.78 is 27.2. The Morgan fingerprint density at radius 2 is 1.63 bits per heavy atom. The predicted molar refractivity (Wildman–Crippen MR) is 121 cm³/mol. The second-order valence-corrected chi connectivity index (χ2v) is 9.44. The van der Waals surface area contributed by atoms with Crippen LogP contribution >= 0.6 is 11.6 Å². The molecule has 7 heteroatoms.